The highest BCUT2D eigenvalue weighted by atomic mass is 16.6. The van der Waals surface area contributed by atoms with Crippen molar-refractivity contribution >= 4 is 6.09 Å². The van der Waals surface area contributed by atoms with E-state index in [1.807, 2.05) is 0 Å². The van der Waals surface area contributed by atoms with Gasteiger partial charge in [-0.15, -0.1) is 0 Å². The number of hydrogen-bond acceptors (Lipinski definition) is 4. The van der Waals surface area contributed by atoms with Crippen LogP contribution in [0, 0.1) is 11.8 Å². The number of piperidine rings is 1. The molecule has 1 aliphatic rings. The molecule has 1 unspecified atom stereocenters. The Labute approximate surface area is 96.6 Å². The first-order chi connectivity index (χ1) is 7.72. The number of nitrogens with two attached hydrogens (primary N) is 1. The number of amides is 1. The first-order valence-corrected chi connectivity index (χ1v) is 5.95. The topological polar surface area (TPSA) is 75.8 Å². The highest BCUT2D eigenvalue weighted by molar-refractivity contribution is 5.67. The van der Waals surface area contributed by atoms with E-state index in [-0.39, 0.29) is 18.6 Å². The molecule has 94 valence electrons. The molecule has 1 aliphatic heterocycles. The van der Waals surface area contributed by atoms with Crippen molar-refractivity contribution < 1.29 is 14.6 Å². The quantitative estimate of drug-likeness (QED) is 0.734. The molecule has 1 heterocycles. The van der Waals surface area contributed by atoms with Gasteiger partial charge in [0.2, 0.25) is 0 Å². The number of hydrogen-bond donors (Lipinski definition) is 2. The molecule has 1 fully saturated rings. The minimum atomic E-state index is -0.228. The number of ether oxygens (including phenoxy) is 1. The number of carbonyl (C=O) groups is 1. The smallest absolute Gasteiger partial charge is 0.409 e. The standard InChI is InChI=1S/C11H22N2O3/c1-2-16-11(15)13-5-3-9(4-6-13)10(7-12)8-14/h9-10,14H,2-8,12H2,1H3. The van der Waals surface area contributed by atoms with E-state index in [0.717, 1.165) is 12.8 Å². The zero-order chi connectivity index (χ0) is 12.0. The lowest BCUT2D eigenvalue weighted by Crippen LogP contribution is -2.42. The second-order valence-electron chi connectivity index (χ2n) is 4.20. The summed E-state index contributed by atoms with van der Waals surface area (Å²) in [5.74, 6) is 0.602. The number of likely N-dealkylation sites (tertiary alicyclic amines) is 1. The highest BCUT2D eigenvalue weighted by Gasteiger charge is 2.27. The first kappa shape index (κ1) is 13.3. The molecule has 0 saturated carbocycles. The van der Waals surface area contributed by atoms with Crippen LogP contribution in [-0.4, -0.2) is 48.9 Å². The van der Waals surface area contributed by atoms with Crippen LogP contribution in [-0.2, 0) is 4.74 Å². The van der Waals surface area contributed by atoms with Gasteiger partial charge in [-0.3, -0.25) is 0 Å². The van der Waals surface area contributed by atoms with E-state index < -0.39 is 0 Å². The summed E-state index contributed by atoms with van der Waals surface area (Å²) < 4.78 is 4.94. The van der Waals surface area contributed by atoms with E-state index in [9.17, 15) is 4.79 Å². The summed E-state index contributed by atoms with van der Waals surface area (Å²) in [5.41, 5.74) is 5.59. The minimum Gasteiger partial charge on any atom is -0.450 e. The molecule has 0 bridgehead atoms. The fraction of sp³-hybridized carbons (Fsp3) is 0.909. The predicted molar refractivity (Wildman–Crippen MR) is 60.9 cm³/mol. The van der Waals surface area contributed by atoms with Gasteiger partial charge in [0.15, 0.2) is 0 Å². The molecule has 1 saturated heterocycles. The van der Waals surface area contributed by atoms with Crippen LogP contribution < -0.4 is 5.73 Å². The molecular weight excluding hydrogens is 208 g/mol. The summed E-state index contributed by atoms with van der Waals surface area (Å²) in [5, 5.41) is 9.15. The van der Waals surface area contributed by atoms with E-state index >= 15 is 0 Å². The summed E-state index contributed by atoms with van der Waals surface area (Å²) in [6.45, 7) is 4.29. The van der Waals surface area contributed by atoms with Crippen LogP contribution in [0.15, 0.2) is 0 Å². The third kappa shape index (κ3) is 3.35. The number of rotatable bonds is 4. The van der Waals surface area contributed by atoms with Gasteiger partial charge >= 0.3 is 6.09 Å². The maximum atomic E-state index is 11.4. The molecule has 0 radical (unpaired) electrons. The Bertz CT molecular complexity index is 211. The lowest BCUT2D eigenvalue weighted by atomic mass is 9.85. The van der Waals surface area contributed by atoms with E-state index in [1.165, 1.54) is 0 Å². The van der Waals surface area contributed by atoms with Crippen molar-refractivity contribution in [1.82, 2.24) is 4.90 Å². The van der Waals surface area contributed by atoms with Crippen molar-refractivity contribution in [3.05, 3.63) is 0 Å². The van der Waals surface area contributed by atoms with Crippen LogP contribution in [0.5, 0.6) is 0 Å². The Balaban J connectivity index is 2.35. The van der Waals surface area contributed by atoms with E-state index in [0.29, 0.717) is 32.2 Å². The predicted octanol–water partition coefficient (Wildman–Crippen LogP) is 0.422. The van der Waals surface area contributed by atoms with Crippen molar-refractivity contribution in [1.29, 1.82) is 0 Å². The monoisotopic (exact) mass is 230 g/mol. The summed E-state index contributed by atoms with van der Waals surface area (Å²) in [6, 6.07) is 0. The minimum absolute atomic E-state index is 0.139. The van der Waals surface area contributed by atoms with E-state index in [2.05, 4.69) is 0 Å². The SMILES string of the molecule is CCOC(=O)N1CCC(C(CN)CO)CC1. The fourth-order valence-corrected chi connectivity index (χ4v) is 2.18. The van der Waals surface area contributed by atoms with Crippen LogP contribution in [0.4, 0.5) is 4.79 Å². The normalized spacial score (nSPS) is 19.6. The van der Waals surface area contributed by atoms with Crippen molar-refractivity contribution in [2.45, 2.75) is 19.8 Å². The Kier molecular flexibility index (Phi) is 5.55. The van der Waals surface area contributed by atoms with Gasteiger partial charge in [0.1, 0.15) is 0 Å². The van der Waals surface area contributed by atoms with Gasteiger partial charge in [0, 0.05) is 19.7 Å². The molecule has 5 nitrogen and oxygen atoms in total. The molecule has 3 N–H and O–H groups in total. The number of aliphatic hydroxyl groups excluding tert-OH is 1. The van der Waals surface area contributed by atoms with Crippen molar-refractivity contribution in [2.75, 3.05) is 32.8 Å². The van der Waals surface area contributed by atoms with Crippen LogP contribution in [0.3, 0.4) is 0 Å². The van der Waals surface area contributed by atoms with Gasteiger partial charge < -0.3 is 20.5 Å². The number of carbonyl (C=O) groups excluding carboxylic acids is 1. The Morgan fingerprint density at radius 2 is 2.19 bits per heavy atom. The molecule has 0 aromatic heterocycles. The zero-order valence-corrected chi connectivity index (χ0v) is 9.89. The molecular formula is C11H22N2O3. The summed E-state index contributed by atoms with van der Waals surface area (Å²) >= 11 is 0. The van der Waals surface area contributed by atoms with Crippen LogP contribution in [0.2, 0.25) is 0 Å². The van der Waals surface area contributed by atoms with Crippen LogP contribution in [0.25, 0.3) is 0 Å². The van der Waals surface area contributed by atoms with Gasteiger partial charge in [-0.05, 0) is 38.1 Å². The lowest BCUT2D eigenvalue weighted by molar-refractivity contribution is 0.0761. The van der Waals surface area contributed by atoms with Gasteiger partial charge in [0.25, 0.3) is 0 Å². The van der Waals surface area contributed by atoms with Gasteiger partial charge in [-0.2, -0.15) is 0 Å². The second-order valence-corrected chi connectivity index (χ2v) is 4.20. The van der Waals surface area contributed by atoms with Crippen molar-refractivity contribution in [3.63, 3.8) is 0 Å². The Hall–Kier alpha value is -0.810. The molecule has 0 spiro atoms. The van der Waals surface area contributed by atoms with Crippen LogP contribution >= 0.6 is 0 Å². The molecule has 1 atom stereocenters. The van der Waals surface area contributed by atoms with E-state index in [1.54, 1.807) is 11.8 Å². The lowest BCUT2D eigenvalue weighted by Gasteiger charge is -2.34. The van der Waals surface area contributed by atoms with Crippen molar-refractivity contribution in [2.24, 2.45) is 17.6 Å². The van der Waals surface area contributed by atoms with Gasteiger partial charge in [-0.1, -0.05) is 0 Å². The molecule has 0 aliphatic carbocycles. The van der Waals surface area contributed by atoms with E-state index in [4.69, 9.17) is 15.6 Å². The summed E-state index contributed by atoms with van der Waals surface area (Å²) in [6.07, 6.45) is 1.58. The largest absolute Gasteiger partial charge is 0.450 e. The summed E-state index contributed by atoms with van der Waals surface area (Å²) in [4.78, 5) is 13.2. The highest BCUT2D eigenvalue weighted by Crippen LogP contribution is 2.24. The zero-order valence-electron chi connectivity index (χ0n) is 9.89. The Morgan fingerprint density at radius 3 is 2.62 bits per heavy atom. The van der Waals surface area contributed by atoms with Crippen molar-refractivity contribution in [3.8, 4) is 0 Å². The fourth-order valence-electron chi connectivity index (χ4n) is 2.18. The maximum Gasteiger partial charge on any atom is 0.409 e. The molecule has 5 heteroatoms. The van der Waals surface area contributed by atoms with Gasteiger partial charge in [0.05, 0.1) is 6.61 Å². The number of nitrogens with zero attached hydrogens (tertiary/aromatic N) is 1. The Morgan fingerprint density at radius 1 is 1.56 bits per heavy atom. The third-order valence-corrected chi connectivity index (χ3v) is 3.27. The first-order valence-electron chi connectivity index (χ1n) is 5.95. The number of aliphatic hydroxyl groups is 1. The van der Waals surface area contributed by atoms with Gasteiger partial charge in [-0.25, -0.2) is 4.79 Å². The maximum absolute atomic E-state index is 11.4. The molecule has 0 aromatic carbocycles. The average Bonchev–Trinajstić information content (AvgIpc) is 2.32. The second kappa shape index (κ2) is 6.70. The van der Waals surface area contributed by atoms with Crippen LogP contribution in [0.1, 0.15) is 19.8 Å². The average molecular weight is 230 g/mol. The molecule has 16 heavy (non-hydrogen) atoms. The molecule has 0 aromatic rings. The molecule has 1 amide bonds. The third-order valence-electron chi connectivity index (χ3n) is 3.27. The molecule has 1 rings (SSSR count). The summed E-state index contributed by atoms with van der Waals surface area (Å²) in [7, 11) is 0.